The van der Waals surface area contributed by atoms with Crippen molar-refractivity contribution >= 4 is 28.6 Å². The average Bonchev–Trinajstić information content (AvgIpc) is 3.73. The van der Waals surface area contributed by atoms with Crippen LogP contribution >= 0.6 is 0 Å². The molecule has 2 aromatic carbocycles. The number of aryl methyl sites for hydroxylation is 1. The molecule has 5 rings (SSSR count). The van der Waals surface area contributed by atoms with Gasteiger partial charge in [-0.1, -0.05) is 36.4 Å². The summed E-state index contributed by atoms with van der Waals surface area (Å²) in [6.45, 7) is 3.13. The molecule has 0 spiro atoms. The Kier molecular flexibility index (Phi) is 8.69. The van der Waals surface area contributed by atoms with E-state index in [0.29, 0.717) is 26.1 Å². The van der Waals surface area contributed by atoms with Gasteiger partial charge in [-0.2, -0.15) is 0 Å². The second-order valence-corrected chi connectivity index (χ2v) is 10.9. The Morgan fingerprint density at radius 3 is 2.58 bits per heavy atom. The summed E-state index contributed by atoms with van der Waals surface area (Å²) in [5, 5.41) is 10.4. The van der Waals surface area contributed by atoms with Gasteiger partial charge in [-0.25, -0.2) is 0 Å². The fourth-order valence-electron chi connectivity index (χ4n) is 5.33. The van der Waals surface area contributed by atoms with Gasteiger partial charge in [0.1, 0.15) is 24.4 Å². The summed E-state index contributed by atoms with van der Waals surface area (Å²) < 4.78 is 6.07. The quantitative estimate of drug-likeness (QED) is 0.404. The summed E-state index contributed by atoms with van der Waals surface area (Å²) in [7, 11) is 1.66. The van der Waals surface area contributed by atoms with Crippen LogP contribution in [0.15, 0.2) is 54.7 Å². The molecule has 0 saturated heterocycles. The van der Waals surface area contributed by atoms with E-state index in [1.807, 2.05) is 54.7 Å². The van der Waals surface area contributed by atoms with E-state index in [1.54, 1.807) is 14.0 Å². The van der Waals surface area contributed by atoms with Gasteiger partial charge >= 0.3 is 0 Å². The highest BCUT2D eigenvalue weighted by Gasteiger charge is 2.39. The SMILES string of the molecule is C[C@@H]1C(=O)N[C@H](Cc2c[nH]c3ccccc23)C(=O)NCCCc2ccccc2OCCN[C@@H](C2CC2)C(=O)N1C. The number of amides is 3. The Morgan fingerprint density at radius 2 is 1.75 bits per heavy atom. The van der Waals surface area contributed by atoms with Gasteiger partial charge in [0.2, 0.25) is 17.7 Å². The molecule has 3 amide bonds. The third kappa shape index (κ3) is 6.47. The van der Waals surface area contributed by atoms with E-state index in [0.717, 1.165) is 53.5 Å². The number of fused-ring (bicyclic) bond motifs is 2. The molecule has 212 valence electrons. The summed E-state index contributed by atoms with van der Waals surface area (Å²) in [6, 6.07) is 13.9. The maximum absolute atomic E-state index is 13.5. The van der Waals surface area contributed by atoms with Crippen LogP contribution in [0.4, 0.5) is 0 Å². The highest BCUT2D eigenvalue weighted by molar-refractivity contribution is 5.93. The molecule has 2 aliphatic rings. The number of benzene rings is 2. The molecule has 0 bridgehead atoms. The van der Waals surface area contributed by atoms with Crippen LogP contribution in [0.3, 0.4) is 0 Å². The highest BCUT2D eigenvalue weighted by atomic mass is 16.5. The lowest BCUT2D eigenvalue weighted by molar-refractivity contribution is -0.141. The van der Waals surface area contributed by atoms with Crippen LogP contribution in [0, 0.1) is 5.92 Å². The van der Waals surface area contributed by atoms with Gasteiger partial charge in [-0.3, -0.25) is 14.4 Å². The number of para-hydroxylation sites is 2. The number of nitrogens with zero attached hydrogens (tertiary/aromatic N) is 1. The molecule has 1 aliphatic heterocycles. The van der Waals surface area contributed by atoms with Gasteiger partial charge in [0.05, 0.1) is 6.04 Å². The topological polar surface area (TPSA) is 116 Å². The molecule has 0 radical (unpaired) electrons. The first-order valence-corrected chi connectivity index (χ1v) is 14.3. The van der Waals surface area contributed by atoms with Crippen molar-refractivity contribution in [2.75, 3.05) is 26.7 Å². The number of rotatable bonds is 3. The molecular weight excluding hydrogens is 506 g/mol. The van der Waals surface area contributed by atoms with Gasteiger partial charge in [0.25, 0.3) is 0 Å². The lowest BCUT2D eigenvalue weighted by Crippen LogP contribution is -2.56. The molecular formula is C31H39N5O4. The van der Waals surface area contributed by atoms with Crippen LogP contribution in [0.1, 0.15) is 37.3 Å². The molecule has 9 heteroatoms. The van der Waals surface area contributed by atoms with E-state index < -0.39 is 12.1 Å². The van der Waals surface area contributed by atoms with Crippen LogP contribution in [-0.4, -0.2) is 72.5 Å². The zero-order chi connectivity index (χ0) is 28.1. The molecule has 9 nitrogen and oxygen atoms in total. The van der Waals surface area contributed by atoms with Gasteiger partial charge in [-0.15, -0.1) is 0 Å². The fraction of sp³-hybridized carbons (Fsp3) is 0.452. The molecule has 3 atom stereocenters. The zero-order valence-corrected chi connectivity index (χ0v) is 23.2. The number of hydrogen-bond acceptors (Lipinski definition) is 5. The number of ether oxygens (including phenoxy) is 1. The van der Waals surface area contributed by atoms with Crippen molar-refractivity contribution in [2.24, 2.45) is 5.92 Å². The van der Waals surface area contributed by atoms with E-state index >= 15 is 0 Å². The van der Waals surface area contributed by atoms with E-state index in [1.165, 1.54) is 4.90 Å². The molecule has 1 aliphatic carbocycles. The van der Waals surface area contributed by atoms with Gasteiger partial charge in [0, 0.05) is 43.7 Å². The first-order valence-electron chi connectivity index (χ1n) is 14.3. The van der Waals surface area contributed by atoms with Crippen LogP contribution in [0.5, 0.6) is 5.75 Å². The fourth-order valence-corrected chi connectivity index (χ4v) is 5.33. The van der Waals surface area contributed by atoms with E-state index in [2.05, 4.69) is 20.9 Å². The van der Waals surface area contributed by atoms with Crippen molar-refractivity contribution in [1.29, 1.82) is 0 Å². The monoisotopic (exact) mass is 545 g/mol. The van der Waals surface area contributed by atoms with Crippen molar-refractivity contribution in [3.8, 4) is 5.75 Å². The van der Waals surface area contributed by atoms with Crippen LogP contribution in [-0.2, 0) is 27.2 Å². The number of likely N-dealkylation sites (N-methyl/N-ethyl adjacent to an activating group) is 1. The van der Waals surface area contributed by atoms with Gasteiger partial charge in [0.15, 0.2) is 0 Å². The van der Waals surface area contributed by atoms with Crippen LogP contribution in [0.2, 0.25) is 0 Å². The van der Waals surface area contributed by atoms with E-state index in [-0.39, 0.29) is 29.7 Å². The molecule has 0 unspecified atom stereocenters. The third-order valence-corrected chi connectivity index (χ3v) is 8.02. The Balaban J connectivity index is 1.38. The number of carbonyl (C=O) groups excluding carboxylic acids is 3. The smallest absolute Gasteiger partial charge is 0.243 e. The summed E-state index contributed by atoms with van der Waals surface area (Å²) in [5.74, 6) is 0.348. The molecule has 40 heavy (non-hydrogen) atoms. The van der Waals surface area contributed by atoms with Crippen molar-refractivity contribution in [3.05, 3.63) is 65.9 Å². The van der Waals surface area contributed by atoms with Gasteiger partial charge < -0.3 is 30.6 Å². The van der Waals surface area contributed by atoms with Crippen molar-refractivity contribution in [2.45, 2.75) is 57.2 Å². The van der Waals surface area contributed by atoms with Crippen molar-refractivity contribution < 1.29 is 19.1 Å². The number of aromatic amines is 1. The third-order valence-electron chi connectivity index (χ3n) is 8.02. The van der Waals surface area contributed by atoms with Crippen molar-refractivity contribution in [3.63, 3.8) is 0 Å². The minimum absolute atomic E-state index is 0.121. The Morgan fingerprint density at radius 1 is 0.975 bits per heavy atom. The molecule has 4 N–H and O–H groups in total. The van der Waals surface area contributed by atoms with E-state index in [4.69, 9.17) is 4.74 Å². The number of hydrogen-bond donors (Lipinski definition) is 4. The second kappa shape index (κ2) is 12.6. The predicted octanol–water partition coefficient (Wildman–Crippen LogP) is 2.55. The Hall–Kier alpha value is -3.85. The molecule has 2 heterocycles. The molecule has 1 fully saturated rings. The number of aromatic nitrogens is 1. The van der Waals surface area contributed by atoms with E-state index in [9.17, 15) is 14.4 Å². The largest absolute Gasteiger partial charge is 0.492 e. The summed E-state index contributed by atoms with van der Waals surface area (Å²) in [4.78, 5) is 45.0. The number of nitrogens with one attached hydrogen (secondary N) is 4. The average molecular weight is 546 g/mol. The Bertz CT molecular complexity index is 1350. The standard InChI is InChI=1S/C31H39N5O4/c1-20-29(37)35-26(18-23-19-34-25-11-5-4-10-24(23)25)30(38)33-15-7-9-21-8-3-6-12-27(21)40-17-16-32-28(22-13-14-22)31(39)36(20)2/h3-6,8,10-12,19-20,22,26,28,32,34H,7,9,13-18H2,1-2H3,(H,33,38)(H,35,37)/t20-,26-,28+/m1/s1. The second-order valence-electron chi connectivity index (χ2n) is 10.9. The van der Waals surface area contributed by atoms with Crippen LogP contribution < -0.4 is 20.7 Å². The summed E-state index contributed by atoms with van der Waals surface area (Å²) in [6.07, 6.45) is 5.65. The lowest BCUT2D eigenvalue weighted by atomic mass is 10.0. The molecule has 3 aromatic rings. The number of H-pyrrole nitrogens is 1. The normalized spacial score (nSPS) is 23.9. The van der Waals surface area contributed by atoms with Crippen LogP contribution in [0.25, 0.3) is 10.9 Å². The lowest BCUT2D eigenvalue weighted by Gasteiger charge is -2.30. The highest BCUT2D eigenvalue weighted by Crippen LogP contribution is 2.33. The molecule has 1 aromatic heterocycles. The number of carbonyl (C=O) groups is 3. The maximum Gasteiger partial charge on any atom is 0.243 e. The zero-order valence-electron chi connectivity index (χ0n) is 23.2. The molecule has 1 saturated carbocycles. The van der Waals surface area contributed by atoms with Gasteiger partial charge in [-0.05, 0) is 61.8 Å². The summed E-state index contributed by atoms with van der Waals surface area (Å²) in [5.41, 5.74) is 2.99. The minimum atomic E-state index is -0.787. The van der Waals surface area contributed by atoms with Crippen molar-refractivity contribution in [1.82, 2.24) is 25.8 Å². The minimum Gasteiger partial charge on any atom is -0.492 e. The predicted molar refractivity (Wildman–Crippen MR) is 154 cm³/mol. The first kappa shape index (κ1) is 27.7. The summed E-state index contributed by atoms with van der Waals surface area (Å²) >= 11 is 0. The Labute approximate surface area is 235 Å². The maximum atomic E-state index is 13.5. The first-order chi connectivity index (χ1) is 19.4.